The summed E-state index contributed by atoms with van der Waals surface area (Å²) in [7, 11) is -0.694. The maximum Gasteiger partial charge on any atom is 0.363 e. The zero-order chi connectivity index (χ0) is 46.5. The zero-order valence-corrected chi connectivity index (χ0v) is 38.3. The van der Waals surface area contributed by atoms with Crippen LogP contribution in [0.1, 0.15) is 77.3 Å². The Bertz CT molecular complexity index is 2610. The highest BCUT2D eigenvalue weighted by Gasteiger charge is 2.34. The molecule has 0 aliphatic carbocycles. The molecule has 0 saturated carbocycles. The summed E-state index contributed by atoms with van der Waals surface area (Å²) in [5.74, 6) is -3.00. The fourth-order valence-electron chi connectivity index (χ4n) is 7.28. The van der Waals surface area contributed by atoms with E-state index in [0.29, 0.717) is 67.3 Å². The van der Waals surface area contributed by atoms with Crippen molar-refractivity contribution in [3.05, 3.63) is 70.8 Å². The van der Waals surface area contributed by atoms with Crippen LogP contribution in [-0.4, -0.2) is 130 Å². The molecule has 0 atom stereocenters. The summed E-state index contributed by atoms with van der Waals surface area (Å²) in [5, 5.41) is 1.21. The minimum atomic E-state index is -4.30. The summed E-state index contributed by atoms with van der Waals surface area (Å²) in [4.78, 5) is 57.2. The van der Waals surface area contributed by atoms with E-state index in [2.05, 4.69) is 6.92 Å². The number of hydrogen-bond donors (Lipinski definition) is 2. The third-order valence-corrected chi connectivity index (χ3v) is 12.2. The van der Waals surface area contributed by atoms with E-state index in [9.17, 15) is 45.1 Å². The van der Waals surface area contributed by atoms with E-state index in [1.54, 1.807) is 50.2 Å². The number of esters is 1. The van der Waals surface area contributed by atoms with Crippen LogP contribution in [0.3, 0.4) is 0 Å². The molecule has 5 rings (SSSR count). The van der Waals surface area contributed by atoms with Gasteiger partial charge in [-0.1, -0.05) is 13.3 Å². The predicted molar refractivity (Wildman–Crippen MR) is 231 cm³/mol. The maximum atomic E-state index is 14.8. The van der Waals surface area contributed by atoms with Gasteiger partial charge in [0.15, 0.2) is 6.54 Å². The summed E-state index contributed by atoms with van der Waals surface area (Å²) >= 11 is 0. The summed E-state index contributed by atoms with van der Waals surface area (Å²) in [6, 6.07) is 13.1. The first-order chi connectivity index (χ1) is 29.4. The van der Waals surface area contributed by atoms with Gasteiger partial charge in [0.2, 0.25) is 24.5 Å². The van der Waals surface area contributed by atoms with Crippen molar-refractivity contribution < 1.29 is 77.7 Å². The highest BCUT2D eigenvalue weighted by atomic mass is 32.2. The van der Waals surface area contributed by atoms with E-state index >= 15 is 0 Å². The number of imide groups is 1. The molecule has 0 spiro atoms. The number of hydrogen-bond acceptors (Lipinski definition) is 12. The quantitative estimate of drug-likeness (QED) is 0.0172. The number of rotatable bonds is 21. The molecule has 1 aromatic heterocycles. The second-order valence-electron chi connectivity index (χ2n) is 17.2. The number of quaternary nitrogens is 2. The summed E-state index contributed by atoms with van der Waals surface area (Å²) in [6.07, 6.45) is 2.07. The lowest BCUT2D eigenvalue weighted by Crippen LogP contribution is -2.44. The Morgan fingerprint density at radius 3 is 1.67 bits per heavy atom. The number of nitrogens with zero attached hydrogens (tertiary/aromatic N) is 4. The van der Waals surface area contributed by atoms with E-state index in [4.69, 9.17) is 19.0 Å². The van der Waals surface area contributed by atoms with Crippen LogP contribution in [0.2, 0.25) is 0 Å². The number of benzene rings is 3. The third kappa shape index (κ3) is 13.1. The van der Waals surface area contributed by atoms with Crippen molar-refractivity contribution >= 4 is 65.8 Å². The number of unbranched alkanes of at least 4 members (excludes halogenated alkanes) is 1. The number of carbonyl (C=O) groups is 4. The summed E-state index contributed by atoms with van der Waals surface area (Å²) in [5.41, 5.74) is 1.89. The Balaban J connectivity index is 1.62. The highest BCUT2D eigenvalue weighted by molar-refractivity contribution is 7.86. The molecular formula is C43H57N4O14S2+3. The van der Waals surface area contributed by atoms with E-state index in [0.717, 1.165) is 19.4 Å². The molecule has 1 aliphatic heterocycles. The number of hydroxylamine groups is 2. The molecule has 2 N–H and O–H groups in total. The van der Waals surface area contributed by atoms with E-state index < -0.39 is 55.5 Å². The van der Waals surface area contributed by atoms with Crippen LogP contribution in [-0.2, 0) is 41.2 Å². The van der Waals surface area contributed by atoms with Gasteiger partial charge in [0, 0.05) is 37.8 Å². The fourth-order valence-corrected chi connectivity index (χ4v) is 8.26. The second kappa shape index (κ2) is 19.6. The number of pyridine rings is 1. The van der Waals surface area contributed by atoms with Gasteiger partial charge in [0.05, 0.1) is 74.7 Å². The first kappa shape index (κ1) is 48.8. The lowest BCUT2D eigenvalue weighted by Gasteiger charge is -2.29. The number of carbonyl (C=O) groups excluding carboxylic acids is 4. The van der Waals surface area contributed by atoms with Gasteiger partial charge in [-0.3, -0.25) is 27.7 Å². The molecule has 1 saturated heterocycles. The van der Waals surface area contributed by atoms with Gasteiger partial charge in [0.1, 0.15) is 17.2 Å². The Labute approximate surface area is 367 Å². The van der Waals surface area contributed by atoms with Gasteiger partial charge >= 0.3 is 11.9 Å². The van der Waals surface area contributed by atoms with Gasteiger partial charge in [-0.05, 0) is 67.8 Å². The van der Waals surface area contributed by atoms with Crippen LogP contribution in [0.15, 0.2) is 48.5 Å². The van der Waals surface area contributed by atoms with E-state index in [1.165, 1.54) is 12.1 Å². The molecule has 2 heterocycles. The minimum absolute atomic E-state index is 0.0157. The first-order valence-corrected chi connectivity index (χ1v) is 23.7. The number of amides is 2. The summed E-state index contributed by atoms with van der Waals surface area (Å²) in [6.45, 7) is 7.08. The summed E-state index contributed by atoms with van der Waals surface area (Å²) < 4.78 is 86.5. The number of fused-ring (bicyclic) bond motifs is 2. The van der Waals surface area contributed by atoms with Crippen molar-refractivity contribution in [2.24, 2.45) is 0 Å². The molecule has 2 amide bonds. The van der Waals surface area contributed by atoms with Crippen molar-refractivity contribution in [2.45, 2.75) is 65.8 Å². The van der Waals surface area contributed by atoms with Crippen molar-refractivity contribution in [1.29, 1.82) is 0 Å². The molecular weight excluding hydrogens is 861 g/mol. The SMILES string of the molecule is CCCC[N+](C)(C)COc1ccc2c(c1)c(C(=O)Oc1c(C)cc(C(=O)ON3C(=O)CCC3=O)cc1C)c1cc(OC[N+](C)(C)CCCS(=O)(=O)O)ccc1[n+]2CCCS(=O)(=O)O. The number of ether oxygens (including phenoxy) is 3. The molecule has 1 aliphatic rings. The molecule has 20 heteroatoms. The van der Waals surface area contributed by atoms with Crippen LogP contribution < -0.4 is 18.8 Å². The maximum absolute atomic E-state index is 14.8. The molecule has 342 valence electrons. The molecule has 1 fully saturated rings. The normalized spacial score (nSPS) is 13.8. The smallest absolute Gasteiger partial charge is 0.363 e. The van der Waals surface area contributed by atoms with Crippen LogP contribution >= 0.6 is 0 Å². The molecule has 4 aromatic rings. The van der Waals surface area contributed by atoms with Crippen LogP contribution in [0, 0.1) is 13.8 Å². The van der Waals surface area contributed by atoms with Gasteiger partial charge < -0.3 is 19.0 Å². The van der Waals surface area contributed by atoms with Crippen LogP contribution in [0.25, 0.3) is 21.8 Å². The minimum Gasteiger partial charge on any atom is -0.445 e. The Kier molecular flexibility index (Phi) is 15.2. The number of aryl methyl sites for hydroxylation is 3. The molecule has 0 radical (unpaired) electrons. The van der Waals surface area contributed by atoms with Crippen molar-refractivity contribution in [3.63, 3.8) is 0 Å². The average molecular weight is 918 g/mol. The van der Waals surface area contributed by atoms with Crippen LogP contribution in [0.5, 0.6) is 17.2 Å². The predicted octanol–water partition coefficient (Wildman–Crippen LogP) is 4.52. The molecule has 18 nitrogen and oxygen atoms in total. The Morgan fingerprint density at radius 2 is 1.19 bits per heavy atom. The monoisotopic (exact) mass is 917 g/mol. The Hall–Kier alpha value is -5.25. The standard InChI is InChI=1S/C43H55N4O14S2/c1-8-9-19-46(4,5)27-58-32-12-14-36-34(25-32)40(43(51)60-41-29(2)23-31(24-30(41)3)42(50)61-45-38(48)16-17-39(45)49)35-26-33(59-28-47(6,7)20-11-22-63(55,56)57)13-15-37(35)44(36)18-10-21-62(52,53)54/h12-15,23-26H,8-11,16-22,27-28H2,1-7H3/q+1/p+2. The van der Waals surface area contributed by atoms with Crippen LogP contribution in [0.4, 0.5) is 0 Å². The zero-order valence-electron chi connectivity index (χ0n) is 36.7. The van der Waals surface area contributed by atoms with Gasteiger partial charge in [-0.25, -0.2) is 9.59 Å². The molecule has 0 unspecified atom stereocenters. The van der Waals surface area contributed by atoms with E-state index in [-0.39, 0.29) is 60.3 Å². The average Bonchev–Trinajstić information content (AvgIpc) is 3.50. The van der Waals surface area contributed by atoms with E-state index in [1.807, 2.05) is 32.8 Å². The largest absolute Gasteiger partial charge is 0.445 e. The second-order valence-corrected chi connectivity index (χ2v) is 20.3. The highest BCUT2D eigenvalue weighted by Crippen LogP contribution is 2.34. The van der Waals surface area contributed by atoms with Crippen molar-refractivity contribution in [2.75, 3.05) is 66.2 Å². The van der Waals surface area contributed by atoms with Crippen molar-refractivity contribution in [3.8, 4) is 17.2 Å². The number of aromatic nitrogens is 1. The molecule has 0 bridgehead atoms. The molecule has 3 aromatic carbocycles. The van der Waals surface area contributed by atoms with Crippen molar-refractivity contribution in [1.82, 2.24) is 5.06 Å². The molecule has 63 heavy (non-hydrogen) atoms. The lowest BCUT2D eigenvalue weighted by molar-refractivity contribution is -0.905. The van der Waals surface area contributed by atoms with Gasteiger partial charge in [-0.15, -0.1) is 5.06 Å². The first-order valence-electron chi connectivity index (χ1n) is 20.5. The third-order valence-electron chi connectivity index (χ3n) is 10.6. The Morgan fingerprint density at radius 1 is 0.714 bits per heavy atom. The lowest BCUT2D eigenvalue weighted by atomic mass is 10.0. The fraction of sp³-hybridized carbons (Fsp3) is 0.465. The topological polar surface area (TPSA) is 221 Å². The van der Waals surface area contributed by atoms with Gasteiger partial charge in [-0.2, -0.15) is 21.4 Å². The van der Waals surface area contributed by atoms with Gasteiger partial charge in [0.25, 0.3) is 32.1 Å².